The third-order valence-corrected chi connectivity index (χ3v) is 1.99. The fourth-order valence-electron chi connectivity index (χ4n) is 1.24. The first-order chi connectivity index (χ1) is 8.10. The maximum atomic E-state index is 13.4. The van der Waals surface area contributed by atoms with Crippen LogP contribution in [-0.4, -0.2) is 19.1 Å². The highest BCUT2D eigenvalue weighted by Crippen LogP contribution is 2.22. The second kappa shape index (κ2) is 5.70. The lowest BCUT2D eigenvalue weighted by atomic mass is 10.1. The Balaban J connectivity index is 3.06. The van der Waals surface area contributed by atoms with Gasteiger partial charge in [0.15, 0.2) is 0 Å². The Hall–Kier alpha value is -2.29. The van der Waals surface area contributed by atoms with E-state index < -0.39 is 11.8 Å². The zero-order valence-electron chi connectivity index (χ0n) is 9.29. The normalized spacial score (nSPS) is 9.47. The van der Waals surface area contributed by atoms with E-state index in [1.165, 1.54) is 6.07 Å². The molecule has 0 aliphatic heterocycles. The second-order valence-corrected chi connectivity index (χ2v) is 3.15. The van der Waals surface area contributed by atoms with Gasteiger partial charge >= 0.3 is 5.97 Å². The van der Waals surface area contributed by atoms with Crippen LogP contribution in [0.15, 0.2) is 12.1 Å². The molecule has 0 bridgehead atoms. The number of hydrogen-bond acceptors (Lipinski definition) is 5. The van der Waals surface area contributed by atoms with Crippen LogP contribution in [-0.2, 0) is 4.74 Å². The highest BCUT2D eigenvalue weighted by atomic mass is 19.1. The number of halogens is 1. The van der Waals surface area contributed by atoms with E-state index in [4.69, 9.17) is 15.7 Å². The molecule has 0 heterocycles. The minimum atomic E-state index is -0.620. The van der Waals surface area contributed by atoms with Crippen LogP contribution in [0.2, 0.25) is 0 Å². The molecule has 0 aliphatic rings. The third-order valence-electron chi connectivity index (χ3n) is 1.99. The maximum Gasteiger partial charge on any atom is 0.340 e. The minimum Gasteiger partial charge on any atom is -0.462 e. The van der Waals surface area contributed by atoms with Crippen LogP contribution in [0.4, 0.5) is 15.8 Å². The van der Waals surface area contributed by atoms with E-state index in [9.17, 15) is 9.18 Å². The number of rotatable bonds is 4. The SMILES string of the molecule is CCOC(=O)c1cc(NCC#N)c(F)cc1N. The molecule has 0 aromatic heterocycles. The number of benzene rings is 1. The summed E-state index contributed by atoms with van der Waals surface area (Å²) in [6.45, 7) is 1.80. The highest BCUT2D eigenvalue weighted by Gasteiger charge is 2.14. The smallest absolute Gasteiger partial charge is 0.340 e. The molecule has 0 aliphatic carbocycles. The van der Waals surface area contributed by atoms with Crippen molar-refractivity contribution in [3.8, 4) is 6.07 Å². The molecule has 0 saturated heterocycles. The Morgan fingerprint density at radius 1 is 1.65 bits per heavy atom. The summed E-state index contributed by atoms with van der Waals surface area (Å²) in [4.78, 5) is 11.5. The summed E-state index contributed by atoms with van der Waals surface area (Å²) in [6, 6.07) is 4.06. The fourth-order valence-corrected chi connectivity index (χ4v) is 1.24. The van der Waals surface area contributed by atoms with E-state index in [1.54, 1.807) is 13.0 Å². The lowest BCUT2D eigenvalue weighted by molar-refractivity contribution is 0.0527. The van der Waals surface area contributed by atoms with E-state index in [0.717, 1.165) is 6.07 Å². The lowest BCUT2D eigenvalue weighted by Gasteiger charge is -2.09. The molecule has 0 radical (unpaired) electrons. The number of nitrogens with zero attached hydrogens (tertiary/aromatic N) is 1. The molecule has 0 saturated carbocycles. The lowest BCUT2D eigenvalue weighted by Crippen LogP contribution is -2.10. The quantitative estimate of drug-likeness (QED) is 0.471. The number of esters is 1. The van der Waals surface area contributed by atoms with Crippen LogP contribution in [0.1, 0.15) is 17.3 Å². The van der Waals surface area contributed by atoms with Crippen molar-refractivity contribution < 1.29 is 13.9 Å². The van der Waals surface area contributed by atoms with Gasteiger partial charge in [0.2, 0.25) is 0 Å². The molecule has 1 aromatic carbocycles. The summed E-state index contributed by atoms with van der Waals surface area (Å²) >= 11 is 0. The topological polar surface area (TPSA) is 88.1 Å². The maximum absolute atomic E-state index is 13.4. The molecule has 0 spiro atoms. The predicted octanol–water partition coefficient (Wildman–Crippen LogP) is 1.52. The van der Waals surface area contributed by atoms with E-state index in [2.05, 4.69) is 5.32 Å². The van der Waals surface area contributed by atoms with Gasteiger partial charge in [0.1, 0.15) is 12.4 Å². The average Bonchev–Trinajstić information content (AvgIpc) is 2.28. The zero-order valence-corrected chi connectivity index (χ0v) is 9.29. The number of carbonyl (C=O) groups excluding carboxylic acids is 1. The standard InChI is InChI=1S/C11H12FN3O2/c1-2-17-11(16)7-5-10(15-4-3-13)8(12)6-9(7)14/h5-6,15H,2,4,14H2,1H3. The zero-order chi connectivity index (χ0) is 12.8. The molecule has 0 fully saturated rings. The number of nitrogen functional groups attached to an aromatic ring is 1. The van der Waals surface area contributed by atoms with Gasteiger partial charge < -0.3 is 15.8 Å². The first-order valence-corrected chi connectivity index (χ1v) is 4.97. The summed E-state index contributed by atoms with van der Waals surface area (Å²) in [5.41, 5.74) is 5.64. The molecule has 0 unspecified atom stereocenters. The van der Waals surface area contributed by atoms with Crippen LogP contribution >= 0.6 is 0 Å². The van der Waals surface area contributed by atoms with Crippen molar-refractivity contribution in [1.29, 1.82) is 5.26 Å². The number of nitrogens with one attached hydrogen (secondary N) is 1. The third kappa shape index (κ3) is 3.08. The number of nitriles is 1. The van der Waals surface area contributed by atoms with Gasteiger partial charge in [-0.2, -0.15) is 5.26 Å². The average molecular weight is 237 g/mol. The summed E-state index contributed by atoms with van der Waals surface area (Å²) in [6.07, 6.45) is 0. The molecule has 1 rings (SSSR count). The Labute approximate surface area is 98.0 Å². The molecule has 6 heteroatoms. The summed E-state index contributed by atoms with van der Waals surface area (Å²) in [7, 11) is 0. The van der Waals surface area contributed by atoms with Gasteiger partial charge in [-0.3, -0.25) is 0 Å². The Morgan fingerprint density at radius 2 is 2.35 bits per heavy atom. The van der Waals surface area contributed by atoms with Crippen LogP contribution in [0.5, 0.6) is 0 Å². The van der Waals surface area contributed by atoms with E-state index >= 15 is 0 Å². The number of ether oxygens (including phenoxy) is 1. The number of hydrogen-bond donors (Lipinski definition) is 2. The Morgan fingerprint density at radius 3 is 2.94 bits per heavy atom. The minimum absolute atomic E-state index is 0.00320. The molecule has 0 amide bonds. The second-order valence-electron chi connectivity index (χ2n) is 3.15. The van der Waals surface area contributed by atoms with Gasteiger partial charge in [-0.1, -0.05) is 0 Å². The van der Waals surface area contributed by atoms with Crippen molar-refractivity contribution >= 4 is 17.3 Å². The van der Waals surface area contributed by atoms with Gasteiger partial charge in [-0.15, -0.1) is 0 Å². The molecule has 1 aromatic rings. The number of nitrogens with two attached hydrogens (primary N) is 1. The monoisotopic (exact) mass is 237 g/mol. The van der Waals surface area contributed by atoms with Crippen molar-refractivity contribution in [2.45, 2.75) is 6.92 Å². The fraction of sp³-hybridized carbons (Fsp3) is 0.273. The van der Waals surface area contributed by atoms with Gasteiger partial charge in [0.25, 0.3) is 0 Å². The number of carbonyl (C=O) groups is 1. The van der Waals surface area contributed by atoms with Crippen molar-refractivity contribution in [2.24, 2.45) is 0 Å². The van der Waals surface area contributed by atoms with Crippen molar-refractivity contribution in [2.75, 3.05) is 24.2 Å². The van der Waals surface area contributed by atoms with Crippen molar-refractivity contribution in [3.63, 3.8) is 0 Å². The molecule has 17 heavy (non-hydrogen) atoms. The molecule has 5 nitrogen and oxygen atoms in total. The summed E-state index contributed by atoms with van der Waals surface area (Å²) < 4.78 is 18.2. The van der Waals surface area contributed by atoms with Crippen LogP contribution in [0.3, 0.4) is 0 Å². The van der Waals surface area contributed by atoms with Crippen LogP contribution < -0.4 is 11.1 Å². The molecule has 90 valence electrons. The van der Waals surface area contributed by atoms with Crippen molar-refractivity contribution in [3.05, 3.63) is 23.5 Å². The first-order valence-electron chi connectivity index (χ1n) is 4.97. The van der Waals surface area contributed by atoms with Gasteiger partial charge in [-0.25, -0.2) is 9.18 Å². The number of anilines is 2. The molecular weight excluding hydrogens is 225 g/mol. The van der Waals surface area contributed by atoms with E-state index in [1.807, 2.05) is 0 Å². The summed E-state index contributed by atoms with van der Waals surface area (Å²) in [5, 5.41) is 10.9. The van der Waals surface area contributed by atoms with E-state index in [0.29, 0.717) is 0 Å². The molecule has 3 N–H and O–H groups in total. The van der Waals surface area contributed by atoms with Gasteiger partial charge in [0, 0.05) is 5.69 Å². The van der Waals surface area contributed by atoms with E-state index in [-0.39, 0.29) is 30.1 Å². The predicted molar refractivity (Wildman–Crippen MR) is 60.9 cm³/mol. The Kier molecular flexibility index (Phi) is 4.29. The van der Waals surface area contributed by atoms with Crippen LogP contribution in [0.25, 0.3) is 0 Å². The molecule has 0 atom stereocenters. The highest BCUT2D eigenvalue weighted by molar-refractivity contribution is 5.96. The first kappa shape index (κ1) is 12.8. The van der Waals surface area contributed by atoms with Crippen LogP contribution in [0, 0.1) is 17.1 Å². The largest absolute Gasteiger partial charge is 0.462 e. The Bertz CT molecular complexity index is 469. The van der Waals surface area contributed by atoms with Gasteiger partial charge in [0.05, 0.1) is 23.9 Å². The van der Waals surface area contributed by atoms with Crippen molar-refractivity contribution in [1.82, 2.24) is 0 Å². The summed E-state index contributed by atoms with van der Waals surface area (Å²) in [5.74, 6) is -1.24. The van der Waals surface area contributed by atoms with Gasteiger partial charge in [-0.05, 0) is 19.1 Å². The molecular formula is C11H12FN3O2.